The van der Waals surface area contributed by atoms with Crippen LogP contribution in [0.4, 0.5) is 10.5 Å². The Labute approximate surface area is 259 Å². The molecule has 1 aliphatic carbocycles. The van der Waals surface area contributed by atoms with Gasteiger partial charge in [-0.15, -0.1) is 10.2 Å². The highest BCUT2D eigenvalue weighted by molar-refractivity contribution is 5.92. The van der Waals surface area contributed by atoms with E-state index in [4.69, 9.17) is 9.47 Å². The number of rotatable bonds is 8. The lowest BCUT2D eigenvalue weighted by molar-refractivity contribution is 0.170. The Morgan fingerprint density at radius 1 is 1.05 bits per heavy atom. The molecule has 0 unspecified atom stereocenters. The fraction of sp³-hybridized carbons (Fsp3) is 0.441. The molecule has 0 fully saturated rings. The van der Waals surface area contributed by atoms with E-state index in [1.54, 1.807) is 0 Å². The van der Waals surface area contributed by atoms with Crippen molar-refractivity contribution in [1.29, 1.82) is 0 Å². The van der Waals surface area contributed by atoms with Crippen LogP contribution in [0.15, 0.2) is 54.7 Å². The van der Waals surface area contributed by atoms with Crippen LogP contribution in [0.5, 0.6) is 11.5 Å². The summed E-state index contributed by atoms with van der Waals surface area (Å²) in [5.74, 6) is 2.01. The van der Waals surface area contributed by atoms with Gasteiger partial charge in [0.15, 0.2) is 11.5 Å². The van der Waals surface area contributed by atoms with E-state index in [2.05, 4.69) is 66.4 Å². The van der Waals surface area contributed by atoms with Gasteiger partial charge in [-0.2, -0.15) is 0 Å². The third-order valence-corrected chi connectivity index (χ3v) is 8.71. The summed E-state index contributed by atoms with van der Waals surface area (Å²) in [7, 11) is 5.59. The molecule has 5 rings (SSSR count). The van der Waals surface area contributed by atoms with Crippen molar-refractivity contribution in [3.8, 4) is 11.5 Å². The summed E-state index contributed by atoms with van der Waals surface area (Å²) in [6.45, 7) is 10.3. The fourth-order valence-electron chi connectivity index (χ4n) is 5.64. The molecule has 1 aliphatic rings. The monoisotopic (exact) mass is 600 g/mol. The molecule has 2 heterocycles. The molecule has 2 aromatic carbocycles. The van der Waals surface area contributed by atoms with E-state index >= 15 is 0 Å². The lowest BCUT2D eigenvalue weighted by Crippen LogP contribution is -2.37. The highest BCUT2D eigenvalue weighted by Gasteiger charge is 2.31. The average molecular weight is 601 g/mol. The zero-order valence-electron chi connectivity index (χ0n) is 26.9. The summed E-state index contributed by atoms with van der Waals surface area (Å²) in [5.41, 5.74) is 4.45. The van der Waals surface area contributed by atoms with Crippen LogP contribution in [-0.4, -0.2) is 51.8 Å². The van der Waals surface area contributed by atoms with Gasteiger partial charge >= 0.3 is 6.03 Å². The molecule has 0 radical (unpaired) electrons. The number of aliphatic hydroxyl groups excluding tert-OH is 1. The number of nitrogens with zero attached hydrogens (tertiary/aromatic N) is 4. The van der Waals surface area contributed by atoms with Crippen LogP contribution in [0.25, 0.3) is 5.65 Å². The molecule has 2 aromatic heterocycles. The first-order valence-corrected chi connectivity index (χ1v) is 15.0. The zero-order valence-corrected chi connectivity index (χ0v) is 26.9. The number of anilines is 1. The first kappa shape index (κ1) is 31.3. The second-order valence-corrected chi connectivity index (χ2v) is 13.2. The summed E-state index contributed by atoms with van der Waals surface area (Å²) in [5, 5.41) is 25.0. The van der Waals surface area contributed by atoms with Gasteiger partial charge in [0.1, 0.15) is 17.6 Å². The summed E-state index contributed by atoms with van der Waals surface area (Å²) in [4.78, 5) is 15.5. The predicted octanol–water partition coefficient (Wildman–Crippen LogP) is 6.10. The van der Waals surface area contributed by atoms with Crippen molar-refractivity contribution in [2.75, 3.05) is 26.5 Å². The topological polar surface area (TPSA) is 113 Å². The molecule has 2 amide bonds. The molecule has 10 heteroatoms. The largest absolute Gasteiger partial charge is 0.494 e. The van der Waals surface area contributed by atoms with E-state index in [0.29, 0.717) is 23.4 Å². The SMILES string of the molecule is COc1c(CO)cc(C(C)(C)C)cc1NC(=O)N[C@H]1CC[C@@H](Oc2ccc3nnc(C(C)(C)N(C)C)n3c2)c2ccccc21. The maximum Gasteiger partial charge on any atom is 0.319 e. The van der Waals surface area contributed by atoms with Gasteiger partial charge in [-0.3, -0.25) is 9.30 Å². The minimum atomic E-state index is -0.341. The third-order valence-electron chi connectivity index (χ3n) is 8.71. The number of pyridine rings is 1. The fourth-order valence-corrected chi connectivity index (χ4v) is 5.64. The van der Waals surface area contributed by atoms with Crippen molar-refractivity contribution in [1.82, 2.24) is 24.8 Å². The number of urea groups is 1. The number of hydrogen-bond donors (Lipinski definition) is 3. The Bertz CT molecular complexity index is 1660. The van der Waals surface area contributed by atoms with E-state index in [1.165, 1.54) is 7.11 Å². The van der Waals surface area contributed by atoms with Crippen molar-refractivity contribution in [2.24, 2.45) is 0 Å². The van der Waals surface area contributed by atoms with Gasteiger partial charge < -0.3 is 25.2 Å². The molecular formula is C34H44N6O4. The molecule has 2 atom stereocenters. The van der Waals surface area contributed by atoms with Gasteiger partial charge in [-0.1, -0.05) is 45.0 Å². The van der Waals surface area contributed by atoms with E-state index in [1.807, 2.05) is 67.2 Å². The van der Waals surface area contributed by atoms with Crippen molar-refractivity contribution in [2.45, 2.75) is 77.2 Å². The number of aliphatic hydroxyl groups is 1. The third kappa shape index (κ3) is 6.09. The molecule has 44 heavy (non-hydrogen) atoms. The number of benzene rings is 2. The highest BCUT2D eigenvalue weighted by atomic mass is 16.5. The van der Waals surface area contributed by atoms with E-state index < -0.39 is 0 Å². The Morgan fingerprint density at radius 3 is 2.43 bits per heavy atom. The van der Waals surface area contributed by atoms with Crippen LogP contribution in [-0.2, 0) is 17.6 Å². The Balaban J connectivity index is 1.36. The minimum absolute atomic E-state index is 0.177. The van der Waals surface area contributed by atoms with Crippen LogP contribution in [0.2, 0.25) is 0 Å². The molecule has 0 bridgehead atoms. The number of fused-ring (bicyclic) bond motifs is 2. The molecule has 0 saturated carbocycles. The molecule has 4 aromatic rings. The van der Waals surface area contributed by atoms with Crippen LogP contribution in [0.3, 0.4) is 0 Å². The molecule has 234 valence electrons. The lowest BCUT2D eigenvalue weighted by atomic mass is 9.85. The van der Waals surface area contributed by atoms with Crippen LogP contribution in [0, 0.1) is 0 Å². The van der Waals surface area contributed by atoms with Gasteiger partial charge in [0.05, 0.1) is 37.2 Å². The maximum atomic E-state index is 13.4. The number of hydrogen-bond acceptors (Lipinski definition) is 7. The molecule has 0 aliphatic heterocycles. The second kappa shape index (κ2) is 12.1. The first-order chi connectivity index (χ1) is 20.8. The van der Waals surface area contributed by atoms with Crippen molar-refractivity contribution in [3.05, 3.63) is 82.8 Å². The number of carbonyl (C=O) groups is 1. The maximum absolute atomic E-state index is 13.4. The Kier molecular flexibility index (Phi) is 8.59. The summed E-state index contributed by atoms with van der Waals surface area (Å²) < 4.78 is 14.1. The smallest absolute Gasteiger partial charge is 0.319 e. The zero-order chi connectivity index (χ0) is 31.8. The summed E-state index contributed by atoms with van der Waals surface area (Å²) >= 11 is 0. The predicted molar refractivity (Wildman–Crippen MR) is 171 cm³/mol. The molecule has 10 nitrogen and oxygen atoms in total. The van der Waals surface area contributed by atoms with Gasteiger partial charge in [0.2, 0.25) is 0 Å². The Hall–Kier alpha value is -4.15. The quantitative estimate of drug-likeness (QED) is 0.224. The van der Waals surface area contributed by atoms with Gasteiger partial charge in [-0.25, -0.2) is 4.79 Å². The average Bonchev–Trinajstić information content (AvgIpc) is 3.41. The van der Waals surface area contributed by atoms with Crippen LogP contribution in [0.1, 0.15) is 87.7 Å². The number of ether oxygens (including phenoxy) is 2. The van der Waals surface area contributed by atoms with Crippen LogP contribution < -0.4 is 20.1 Å². The van der Waals surface area contributed by atoms with E-state index in [0.717, 1.165) is 40.3 Å². The van der Waals surface area contributed by atoms with E-state index in [-0.39, 0.29) is 35.7 Å². The number of amides is 2. The molecule has 3 N–H and O–H groups in total. The van der Waals surface area contributed by atoms with E-state index in [9.17, 15) is 9.90 Å². The van der Waals surface area contributed by atoms with Crippen molar-refractivity contribution >= 4 is 17.4 Å². The molecule has 0 spiro atoms. The highest BCUT2D eigenvalue weighted by Crippen LogP contribution is 2.40. The number of carbonyl (C=O) groups excluding carboxylic acids is 1. The van der Waals surface area contributed by atoms with Gasteiger partial charge in [-0.05, 0) is 87.2 Å². The van der Waals surface area contributed by atoms with Gasteiger partial charge in [0, 0.05) is 5.56 Å². The molecular weight excluding hydrogens is 556 g/mol. The van der Waals surface area contributed by atoms with Crippen LogP contribution >= 0.6 is 0 Å². The standard InChI is InChI=1S/C34H44N6O4/c1-33(2,3)22-17-21(20-41)30(43-8)27(18-22)36-32(42)35-26-14-15-28(25-12-10-9-11-24(25)26)44-23-13-16-29-37-38-31(40(29)19-23)34(4,5)39(6)7/h9-13,16-19,26,28,41H,14-15,20H2,1-8H3,(H2,35,36,42)/t26-,28+/m0/s1. The van der Waals surface area contributed by atoms with Crippen molar-refractivity contribution < 1.29 is 19.4 Å². The normalized spacial score (nSPS) is 17.0. The first-order valence-electron chi connectivity index (χ1n) is 15.0. The number of aromatic nitrogens is 3. The summed E-state index contributed by atoms with van der Waals surface area (Å²) in [6.07, 6.45) is 3.19. The Morgan fingerprint density at radius 2 is 1.77 bits per heavy atom. The van der Waals surface area contributed by atoms with Gasteiger partial charge in [0.25, 0.3) is 0 Å². The molecule has 0 saturated heterocycles. The number of methoxy groups -OCH3 is 1. The lowest BCUT2D eigenvalue weighted by Gasteiger charge is -2.32. The number of nitrogens with one attached hydrogen (secondary N) is 2. The minimum Gasteiger partial charge on any atom is -0.494 e. The van der Waals surface area contributed by atoms with Crippen molar-refractivity contribution in [3.63, 3.8) is 0 Å². The second-order valence-electron chi connectivity index (χ2n) is 13.2. The summed E-state index contributed by atoms with van der Waals surface area (Å²) in [6, 6.07) is 15.2.